The molecule has 1 aromatic heterocycles. The van der Waals surface area contributed by atoms with Gasteiger partial charge in [-0.2, -0.15) is 0 Å². The lowest BCUT2D eigenvalue weighted by atomic mass is 10.3. The van der Waals surface area contributed by atoms with Gasteiger partial charge in [-0.15, -0.1) is 0 Å². The summed E-state index contributed by atoms with van der Waals surface area (Å²) < 4.78 is 9.87. The van der Waals surface area contributed by atoms with Crippen molar-refractivity contribution in [3.8, 4) is 5.75 Å². The lowest BCUT2D eigenvalue weighted by molar-refractivity contribution is 0.0733. The van der Waals surface area contributed by atoms with Crippen LogP contribution < -0.4 is 4.74 Å². The second-order valence-corrected chi connectivity index (χ2v) is 3.00. The maximum atomic E-state index is 11.6. The minimum atomic E-state index is -0.458. The predicted molar refractivity (Wildman–Crippen MR) is 52.6 cm³/mol. The Hall–Kier alpha value is -2.10. The van der Waals surface area contributed by atoms with Crippen LogP contribution in [0.1, 0.15) is 16.1 Å². The van der Waals surface area contributed by atoms with Crippen LogP contribution in [0, 0.1) is 6.92 Å². The number of esters is 1. The predicted octanol–water partition coefficient (Wildman–Crippen LogP) is 2.20. The third-order valence-corrected chi connectivity index (χ3v) is 1.92. The Kier molecular flexibility index (Phi) is 2.49. The van der Waals surface area contributed by atoms with Crippen molar-refractivity contribution in [3.63, 3.8) is 0 Å². The molecule has 4 heteroatoms. The van der Waals surface area contributed by atoms with Crippen molar-refractivity contribution >= 4 is 5.97 Å². The molecule has 4 nitrogen and oxygen atoms in total. The van der Waals surface area contributed by atoms with Gasteiger partial charge in [0, 0.05) is 0 Å². The van der Waals surface area contributed by atoms with E-state index >= 15 is 0 Å². The molecular formula is C11H9NO3. The largest absolute Gasteiger partial charge is 0.423 e. The van der Waals surface area contributed by atoms with Gasteiger partial charge in [0.15, 0.2) is 0 Å². The van der Waals surface area contributed by atoms with Gasteiger partial charge in [-0.1, -0.05) is 23.4 Å². The van der Waals surface area contributed by atoms with Crippen LogP contribution in [0.3, 0.4) is 0 Å². The number of carbonyl (C=O) groups is 1. The highest BCUT2D eigenvalue weighted by molar-refractivity contribution is 5.91. The highest BCUT2D eigenvalue weighted by atomic mass is 16.5. The van der Waals surface area contributed by atoms with Crippen molar-refractivity contribution < 1.29 is 14.1 Å². The van der Waals surface area contributed by atoms with Crippen LogP contribution in [0.5, 0.6) is 5.75 Å². The van der Waals surface area contributed by atoms with Crippen LogP contribution >= 0.6 is 0 Å². The van der Waals surface area contributed by atoms with Crippen molar-refractivity contribution in [2.24, 2.45) is 0 Å². The fraction of sp³-hybridized carbons (Fsp3) is 0.0909. The van der Waals surface area contributed by atoms with E-state index in [2.05, 4.69) is 5.16 Å². The van der Waals surface area contributed by atoms with E-state index in [4.69, 9.17) is 9.26 Å². The topological polar surface area (TPSA) is 52.3 Å². The molecule has 0 atom stereocenters. The first kappa shape index (κ1) is 9.45. The Morgan fingerprint density at radius 1 is 1.33 bits per heavy atom. The molecule has 76 valence electrons. The van der Waals surface area contributed by atoms with Crippen LogP contribution in [-0.2, 0) is 0 Å². The number of hydrogen-bond donors (Lipinski definition) is 0. The second-order valence-electron chi connectivity index (χ2n) is 3.00. The molecule has 0 aliphatic carbocycles. The maximum Gasteiger partial charge on any atom is 0.348 e. The van der Waals surface area contributed by atoms with E-state index in [9.17, 15) is 4.79 Å². The zero-order valence-electron chi connectivity index (χ0n) is 8.14. The molecule has 0 spiro atoms. The highest BCUT2D eigenvalue weighted by Gasteiger charge is 2.14. The Morgan fingerprint density at radius 3 is 2.67 bits per heavy atom. The molecule has 0 bridgehead atoms. The highest BCUT2D eigenvalue weighted by Crippen LogP contribution is 2.13. The van der Waals surface area contributed by atoms with Crippen molar-refractivity contribution in [3.05, 3.63) is 47.9 Å². The summed E-state index contributed by atoms with van der Waals surface area (Å²) in [7, 11) is 0. The number of benzene rings is 1. The van der Waals surface area contributed by atoms with Gasteiger partial charge in [0.25, 0.3) is 0 Å². The molecule has 0 unspecified atom stereocenters. The fourth-order valence-corrected chi connectivity index (χ4v) is 1.15. The summed E-state index contributed by atoms with van der Waals surface area (Å²) in [5, 5.41) is 3.51. The number of aryl methyl sites for hydroxylation is 1. The Bertz CT molecular complexity index is 462. The number of hydrogen-bond acceptors (Lipinski definition) is 4. The van der Waals surface area contributed by atoms with Crippen molar-refractivity contribution in [1.82, 2.24) is 5.16 Å². The van der Waals surface area contributed by atoms with Gasteiger partial charge in [0.1, 0.15) is 17.1 Å². The van der Waals surface area contributed by atoms with Gasteiger partial charge >= 0.3 is 5.97 Å². The molecule has 1 aromatic carbocycles. The van der Waals surface area contributed by atoms with Gasteiger partial charge in [-0.25, -0.2) is 4.79 Å². The molecule has 0 amide bonds. The van der Waals surface area contributed by atoms with Gasteiger partial charge in [-0.05, 0) is 19.1 Å². The van der Waals surface area contributed by atoms with Crippen LogP contribution in [0.4, 0.5) is 0 Å². The first-order valence-corrected chi connectivity index (χ1v) is 4.46. The zero-order valence-corrected chi connectivity index (χ0v) is 8.14. The molecule has 0 saturated carbocycles. The molecule has 0 aliphatic heterocycles. The van der Waals surface area contributed by atoms with Crippen LogP contribution in [0.2, 0.25) is 0 Å². The number of carbonyl (C=O) groups excluding carboxylic acids is 1. The fourth-order valence-electron chi connectivity index (χ4n) is 1.15. The van der Waals surface area contributed by atoms with E-state index in [1.807, 2.05) is 6.07 Å². The molecule has 0 N–H and O–H groups in total. The van der Waals surface area contributed by atoms with Crippen molar-refractivity contribution in [2.75, 3.05) is 0 Å². The summed E-state index contributed by atoms with van der Waals surface area (Å²) in [5.41, 5.74) is 0.346. The Morgan fingerprint density at radius 2 is 2.07 bits per heavy atom. The summed E-state index contributed by atoms with van der Waals surface area (Å²) in [6.45, 7) is 1.66. The maximum absolute atomic E-state index is 11.6. The van der Waals surface area contributed by atoms with Gasteiger partial charge < -0.3 is 9.26 Å². The lowest BCUT2D eigenvalue weighted by Gasteiger charge is -2.01. The lowest BCUT2D eigenvalue weighted by Crippen LogP contribution is -2.08. The quantitative estimate of drug-likeness (QED) is 0.554. The summed E-state index contributed by atoms with van der Waals surface area (Å²) in [5.74, 6) is 0.499. The van der Waals surface area contributed by atoms with Gasteiger partial charge in [-0.3, -0.25) is 0 Å². The van der Waals surface area contributed by atoms with Gasteiger partial charge in [0.2, 0.25) is 0 Å². The summed E-state index contributed by atoms with van der Waals surface area (Å²) in [6, 6.07) is 8.86. The average molecular weight is 203 g/mol. The third-order valence-electron chi connectivity index (χ3n) is 1.92. The minimum Gasteiger partial charge on any atom is -0.423 e. The first-order valence-electron chi connectivity index (χ1n) is 4.46. The third kappa shape index (κ3) is 2.04. The minimum absolute atomic E-state index is 0.346. The summed E-state index contributed by atoms with van der Waals surface area (Å²) >= 11 is 0. The first-order chi connectivity index (χ1) is 7.27. The van der Waals surface area contributed by atoms with E-state index in [0.29, 0.717) is 17.1 Å². The standard InChI is InChI=1S/C11H9NO3/c1-8-10(7-12-15-8)11(13)14-9-5-3-2-4-6-9/h2-7H,1H3. The number of para-hydroxylation sites is 1. The molecule has 0 saturated heterocycles. The normalized spacial score (nSPS) is 9.93. The van der Waals surface area contributed by atoms with E-state index in [1.54, 1.807) is 31.2 Å². The number of nitrogens with zero attached hydrogens (tertiary/aromatic N) is 1. The van der Waals surface area contributed by atoms with Crippen LogP contribution in [0.15, 0.2) is 41.1 Å². The van der Waals surface area contributed by atoms with Crippen LogP contribution in [0.25, 0.3) is 0 Å². The molecule has 1 heterocycles. The Labute approximate surface area is 86.5 Å². The van der Waals surface area contributed by atoms with E-state index < -0.39 is 5.97 Å². The smallest absolute Gasteiger partial charge is 0.348 e. The molecular weight excluding hydrogens is 194 g/mol. The molecule has 15 heavy (non-hydrogen) atoms. The monoisotopic (exact) mass is 203 g/mol. The number of ether oxygens (including phenoxy) is 1. The van der Waals surface area contributed by atoms with Gasteiger partial charge in [0.05, 0.1) is 6.20 Å². The molecule has 0 radical (unpaired) electrons. The number of aromatic nitrogens is 1. The van der Waals surface area contributed by atoms with E-state index in [0.717, 1.165) is 0 Å². The van der Waals surface area contributed by atoms with Crippen molar-refractivity contribution in [2.45, 2.75) is 6.92 Å². The molecule has 2 aromatic rings. The van der Waals surface area contributed by atoms with Crippen molar-refractivity contribution in [1.29, 1.82) is 0 Å². The number of rotatable bonds is 2. The summed E-state index contributed by atoms with van der Waals surface area (Å²) in [4.78, 5) is 11.6. The van der Waals surface area contributed by atoms with E-state index in [1.165, 1.54) is 6.20 Å². The summed E-state index contributed by atoms with van der Waals surface area (Å²) in [6.07, 6.45) is 1.35. The molecule has 2 rings (SSSR count). The molecule has 0 aliphatic rings. The second kappa shape index (κ2) is 3.96. The van der Waals surface area contributed by atoms with Crippen LogP contribution in [-0.4, -0.2) is 11.1 Å². The zero-order chi connectivity index (χ0) is 10.7. The average Bonchev–Trinajstić information content (AvgIpc) is 2.66. The van der Waals surface area contributed by atoms with E-state index in [-0.39, 0.29) is 0 Å². The molecule has 0 fully saturated rings. The Balaban J connectivity index is 2.15. The SMILES string of the molecule is Cc1oncc1C(=O)Oc1ccccc1.